The maximum atomic E-state index is 11.4. The van der Waals surface area contributed by atoms with Crippen LogP contribution in [-0.4, -0.2) is 30.5 Å². The molecule has 2 rings (SSSR count). The third-order valence-corrected chi connectivity index (χ3v) is 2.40. The highest BCUT2D eigenvalue weighted by atomic mass is 16.7. The van der Waals surface area contributed by atoms with Gasteiger partial charge in [-0.05, 0) is 30.7 Å². The summed E-state index contributed by atoms with van der Waals surface area (Å²) in [4.78, 5) is 11.4. The van der Waals surface area contributed by atoms with E-state index < -0.39 is 6.10 Å². The molecular weight excluding hydrogens is 234 g/mol. The topological polar surface area (TPSA) is 67.8 Å². The Balaban J connectivity index is 1.94. The molecule has 1 unspecified atom stereocenters. The van der Waals surface area contributed by atoms with Gasteiger partial charge in [0.2, 0.25) is 12.7 Å². The summed E-state index contributed by atoms with van der Waals surface area (Å²) in [7, 11) is 0. The third kappa shape index (κ3) is 3.24. The van der Waals surface area contributed by atoms with E-state index in [-0.39, 0.29) is 19.2 Å². The first kappa shape index (κ1) is 12.4. The third-order valence-electron chi connectivity index (χ3n) is 2.40. The van der Waals surface area contributed by atoms with Gasteiger partial charge in [0.25, 0.3) is 0 Å². The summed E-state index contributed by atoms with van der Waals surface area (Å²) in [5, 5.41) is 11.6. The SMILES string of the molecule is CC(O)CNC(=O)/C=C/c1ccc2c(c1)OCO2. The second kappa shape index (κ2) is 5.55. The number of amides is 1. The molecule has 1 atom stereocenters. The summed E-state index contributed by atoms with van der Waals surface area (Å²) in [5.74, 6) is 1.15. The summed E-state index contributed by atoms with van der Waals surface area (Å²) in [6.07, 6.45) is 2.55. The molecule has 0 bridgehead atoms. The molecule has 96 valence electrons. The van der Waals surface area contributed by atoms with Crippen LogP contribution >= 0.6 is 0 Å². The Morgan fingerprint density at radius 2 is 2.28 bits per heavy atom. The highest BCUT2D eigenvalue weighted by Crippen LogP contribution is 2.32. The molecule has 0 spiro atoms. The molecule has 18 heavy (non-hydrogen) atoms. The van der Waals surface area contributed by atoms with E-state index in [0.717, 1.165) is 5.56 Å². The smallest absolute Gasteiger partial charge is 0.244 e. The molecule has 1 amide bonds. The fourth-order valence-electron chi connectivity index (χ4n) is 1.50. The summed E-state index contributed by atoms with van der Waals surface area (Å²) in [6, 6.07) is 5.45. The lowest BCUT2D eigenvalue weighted by molar-refractivity contribution is -0.116. The normalized spacial score (nSPS) is 14.8. The fourth-order valence-corrected chi connectivity index (χ4v) is 1.50. The minimum absolute atomic E-state index is 0.234. The number of nitrogens with one attached hydrogen (secondary N) is 1. The molecule has 0 fully saturated rings. The Bertz CT molecular complexity index is 468. The maximum absolute atomic E-state index is 11.4. The van der Waals surface area contributed by atoms with Crippen molar-refractivity contribution in [1.29, 1.82) is 0 Å². The lowest BCUT2D eigenvalue weighted by Crippen LogP contribution is -2.28. The average Bonchev–Trinajstić information content (AvgIpc) is 2.81. The van der Waals surface area contributed by atoms with Gasteiger partial charge in [-0.2, -0.15) is 0 Å². The van der Waals surface area contributed by atoms with Crippen LogP contribution in [0.25, 0.3) is 6.08 Å². The number of ether oxygens (including phenoxy) is 2. The van der Waals surface area contributed by atoms with E-state index in [4.69, 9.17) is 14.6 Å². The van der Waals surface area contributed by atoms with Gasteiger partial charge in [-0.15, -0.1) is 0 Å². The minimum atomic E-state index is -0.548. The van der Waals surface area contributed by atoms with Crippen LogP contribution in [0.4, 0.5) is 0 Å². The van der Waals surface area contributed by atoms with Crippen molar-refractivity contribution in [1.82, 2.24) is 5.32 Å². The zero-order valence-corrected chi connectivity index (χ0v) is 10.1. The molecule has 5 heteroatoms. The van der Waals surface area contributed by atoms with Gasteiger partial charge < -0.3 is 19.9 Å². The van der Waals surface area contributed by atoms with Crippen molar-refractivity contribution < 1.29 is 19.4 Å². The van der Waals surface area contributed by atoms with E-state index in [1.165, 1.54) is 6.08 Å². The highest BCUT2D eigenvalue weighted by molar-refractivity contribution is 5.91. The van der Waals surface area contributed by atoms with Gasteiger partial charge in [-0.25, -0.2) is 0 Å². The van der Waals surface area contributed by atoms with Crippen molar-refractivity contribution >= 4 is 12.0 Å². The van der Waals surface area contributed by atoms with Gasteiger partial charge >= 0.3 is 0 Å². The van der Waals surface area contributed by atoms with Gasteiger partial charge in [-0.1, -0.05) is 6.07 Å². The summed E-state index contributed by atoms with van der Waals surface area (Å²) in [6.45, 7) is 2.09. The molecule has 0 aliphatic carbocycles. The van der Waals surface area contributed by atoms with Crippen molar-refractivity contribution in [2.24, 2.45) is 0 Å². The molecule has 1 heterocycles. The minimum Gasteiger partial charge on any atom is -0.454 e. The summed E-state index contributed by atoms with van der Waals surface area (Å²) < 4.78 is 10.4. The van der Waals surface area contributed by atoms with Crippen LogP contribution in [0.2, 0.25) is 0 Å². The predicted molar refractivity (Wildman–Crippen MR) is 66.3 cm³/mol. The molecule has 0 radical (unpaired) electrons. The van der Waals surface area contributed by atoms with E-state index in [1.54, 1.807) is 25.1 Å². The van der Waals surface area contributed by atoms with Crippen LogP contribution in [0.3, 0.4) is 0 Å². The van der Waals surface area contributed by atoms with Crippen molar-refractivity contribution in [2.75, 3.05) is 13.3 Å². The van der Waals surface area contributed by atoms with E-state index in [9.17, 15) is 4.79 Å². The first-order valence-electron chi connectivity index (χ1n) is 5.69. The number of benzene rings is 1. The number of hydrogen-bond acceptors (Lipinski definition) is 4. The van der Waals surface area contributed by atoms with E-state index >= 15 is 0 Å². The van der Waals surface area contributed by atoms with E-state index in [0.29, 0.717) is 11.5 Å². The van der Waals surface area contributed by atoms with Crippen molar-refractivity contribution in [3.8, 4) is 11.5 Å². The van der Waals surface area contributed by atoms with Crippen LogP contribution in [0.15, 0.2) is 24.3 Å². The predicted octanol–water partition coefficient (Wildman–Crippen LogP) is 0.926. The number of aliphatic hydroxyl groups is 1. The molecule has 0 saturated heterocycles. The van der Waals surface area contributed by atoms with Crippen LogP contribution in [0, 0.1) is 0 Å². The molecule has 2 N–H and O–H groups in total. The Morgan fingerprint density at radius 3 is 3.06 bits per heavy atom. The molecule has 1 aliphatic rings. The number of rotatable bonds is 4. The average molecular weight is 249 g/mol. The molecule has 0 aromatic heterocycles. The zero-order chi connectivity index (χ0) is 13.0. The first-order chi connectivity index (χ1) is 8.65. The maximum Gasteiger partial charge on any atom is 0.244 e. The van der Waals surface area contributed by atoms with Crippen LogP contribution in [0.1, 0.15) is 12.5 Å². The van der Waals surface area contributed by atoms with Crippen LogP contribution < -0.4 is 14.8 Å². The molecule has 1 aromatic rings. The van der Waals surface area contributed by atoms with Gasteiger partial charge in [0.05, 0.1) is 6.10 Å². The first-order valence-corrected chi connectivity index (χ1v) is 5.69. The molecule has 1 aromatic carbocycles. The second-order valence-electron chi connectivity index (χ2n) is 4.04. The number of hydrogen-bond donors (Lipinski definition) is 2. The Hall–Kier alpha value is -2.01. The number of fused-ring (bicyclic) bond motifs is 1. The second-order valence-corrected chi connectivity index (χ2v) is 4.04. The van der Waals surface area contributed by atoms with Crippen LogP contribution in [0.5, 0.6) is 11.5 Å². The number of carbonyl (C=O) groups excluding carboxylic acids is 1. The summed E-state index contributed by atoms with van der Waals surface area (Å²) in [5.41, 5.74) is 0.853. The Kier molecular flexibility index (Phi) is 3.84. The van der Waals surface area contributed by atoms with E-state index in [1.807, 2.05) is 6.07 Å². The molecule has 0 saturated carbocycles. The van der Waals surface area contributed by atoms with Gasteiger partial charge in [0, 0.05) is 12.6 Å². The Morgan fingerprint density at radius 1 is 1.50 bits per heavy atom. The lowest BCUT2D eigenvalue weighted by atomic mass is 10.2. The standard InChI is InChI=1S/C13H15NO4/c1-9(15)7-14-13(16)5-3-10-2-4-11-12(6-10)18-8-17-11/h2-6,9,15H,7-8H2,1H3,(H,14,16)/b5-3+. The van der Waals surface area contributed by atoms with Gasteiger partial charge in [0.1, 0.15) is 0 Å². The fraction of sp³-hybridized carbons (Fsp3) is 0.308. The number of carbonyl (C=O) groups is 1. The number of aliphatic hydroxyl groups excluding tert-OH is 1. The largest absolute Gasteiger partial charge is 0.454 e. The van der Waals surface area contributed by atoms with Crippen LogP contribution in [-0.2, 0) is 4.79 Å². The lowest BCUT2D eigenvalue weighted by Gasteiger charge is -2.03. The monoisotopic (exact) mass is 249 g/mol. The van der Waals surface area contributed by atoms with Crippen molar-refractivity contribution in [3.05, 3.63) is 29.8 Å². The molecule has 1 aliphatic heterocycles. The van der Waals surface area contributed by atoms with Crippen molar-refractivity contribution in [2.45, 2.75) is 13.0 Å². The van der Waals surface area contributed by atoms with Gasteiger partial charge in [0.15, 0.2) is 11.5 Å². The van der Waals surface area contributed by atoms with Crippen molar-refractivity contribution in [3.63, 3.8) is 0 Å². The van der Waals surface area contributed by atoms with Gasteiger partial charge in [-0.3, -0.25) is 4.79 Å². The Labute approximate surface area is 105 Å². The zero-order valence-electron chi connectivity index (χ0n) is 10.1. The molecule has 5 nitrogen and oxygen atoms in total. The highest BCUT2D eigenvalue weighted by Gasteiger charge is 2.12. The van der Waals surface area contributed by atoms with E-state index in [2.05, 4.69) is 5.32 Å². The summed E-state index contributed by atoms with van der Waals surface area (Å²) >= 11 is 0. The quantitative estimate of drug-likeness (QED) is 0.779. The molecular formula is C13H15NO4.